The number of rotatable bonds is 12. The van der Waals surface area contributed by atoms with Gasteiger partial charge < -0.3 is 10.3 Å². The summed E-state index contributed by atoms with van der Waals surface area (Å²) in [6.07, 6.45) is 4.29. The minimum absolute atomic E-state index is 0.216. The molecule has 0 radical (unpaired) electrons. The van der Waals surface area contributed by atoms with E-state index in [-0.39, 0.29) is 13.0 Å². The van der Waals surface area contributed by atoms with Crippen LogP contribution in [0.1, 0.15) is 32.1 Å². The lowest BCUT2D eigenvalue weighted by atomic mass is 10.2. The molecule has 0 fully saturated rings. The summed E-state index contributed by atoms with van der Waals surface area (Å²) in [4.78, 5) is 0. The third kappa shape index (κ3) is 8.47. The number of nitriles is 1. The Bertz CT molecular complexity index is 493. The van der Waals surface area contributed by atoms with Crippen molar-refractivity contribution in [1.29, 1.82) is 5.26 Å². The Labute approximate surface area is 137 Å². The fourth-order valence-electron chi connectivity index (χ4n) is 1.68. The zero-order valence-electron chi connectivity index (χ0n) is 12.6. The predicted molar refractivity (Wildman–Crippen MR) is 91.0 cm³/mol. The first-order valence-corrected chi connectivity index (χ1v) is 9.96. The van der Waals surface area contributed by atoms with Crippen molar-refractivity contribution in [3.8, 4) is 11.8 Å². The molecule has 1 unspecified atom stereocenters. The van der Waals surface area contributed by atoms with Crippen molar-refractivity contribution in [1.82, 2.24) is 0 Å². The number of unbranched alkanes of at least 4 members (excludes halogenated alkanes) is 3. The van der Waals surface area contributed by atoms with Crippen molar-refractivity contribution in [2.24, 2.45) is 5.73 Å². The van der Waals surface area contributed by atoms with E-state index in [0.717, 1.165) is 25.7 Å². The summed E-state index contributed by atoms with van der Waals surface area (Å²) in [5.41, 5.74) is 5.46. The number of hydrogen-bond donors (Lipinski definition) is 1. The van der Waals surface area contributed by atoms with E-state index >= 15 is 0 Å². The van der Waals surface area contributed by atoms with Crippen LogP contribution >= 0.6 is 6.72 Å². The van der Waals surface area contributed by atoms with Gasteiger partial charge in [0.15, 0.2) is 0 Å². The first-order valence-electron chi connectivity index (χ1n) is 7.41. The quantitative estimate of drug-likeness (QED) is 0.460. The van der Waals surface area contributed by atoms with Gasteiger partial charge in [-0.1, -0.05) is 31.0 Å². The average Bonchev–Trinajstić information content (AvgIpc) is 2.52. The molecule has 0 spiro atoms. The van der Waals surface area contributed by atoms with E-state index in [0.29, 0.717) is 18.9 Å². The van der Waals surface area contributed by atoms with Gasteiger partial charge in [-0.05, 0) is 31.5 Å². The van der Waals surface area contributed by atoms with E-state index in [4.69, 9.17) is 36.4 Å². The molecule has 0 aliphatic rings. The molecule has 2 N–H and O–H groups in total. The van der Waals surface area contributed by atoms with Gasteiger partial charge in [0.05, 0.1) is 25.7 Å². The zero-order valence-corrected chi connectivity index (χ0v) is 14.4. The molecule has 0 heterocycles. The Morgan fingerprint density at radius 3 is 2.41 bits per heavy atom. The summed E-state index contributed by atoms with van der Waals surface area (Å²) in [7, 11) is 0. The van der Waals surface area contributed by atoms with Crippen LogP contribution in [0.5, 0.6) is 5.75 Å². The predicted octanol–water partition coefficient (Wildman–Crippen LogP) is 3.76. The van der Waals surface area contributed by atoms with Crippen LogP contribution in [0.15, 0.2) is 30.3 Å². The van der Waals surface area contributed by atoms with Crippen molar-refractivity contribution in [3.63, 3.8) is 0 Å². The third-order valence-electron chi connectivity index (χ3n) is 2.77. The van der Waals surface area contributed by atoms with Crippen molar-refractivity contribution in [2.75, 3.05) is 19.8 Å². The van der Waals surface area contributed by atoms with E-state index in [9.17, 15) is 0 Å². The first kappa shape index (κ1) is 19.1. The van der Waals surface area contributed by atoms with Gasteiger partial charge in [-0.2, -0.15) is 5.26 Å². The number of benzene rings is 1. The Morgan fingerprint density at radius 2 is 1.73 bits per heavy atom. The van der Waals surface area contributed by atoms with Crippen LogP contribution in [0, 0.1) is 11.3 Å². The maximum absolute atomic E-state index is 8.61. The summed E-state index contributed by atoms with van der Waals surface area (Å²) in [6.45, 7) is -1.45. The van der Waals surface area contributed by atoms with E-state index in [1.54, 1.807) is 12.1 Å². The molecule has 1 atom stereocenters. The minimum atomic E-state index is -2.87. The second kappa shape index (κ2) is 11.6. The monoisotopic (exact) mass is 342 g/mol. The van der Waals surface area contributed by atoms with Gasteiger partial charge in [0.1, 0.15) is 5.75 Å². The summed E-state index contributed by atoms with van der Waals surface area (Å²) in [5.74, 6) is 0.617. The molecule has 22 heavy (non-hydrogen) atoms. The maximum atomic E-state index is 8.61. The van der Waals surface area contributed by atoms with Gasteiger partial charge in [0.25, 0.3) is 0 Å². The molecule has 1 aromatic carbocycles. The van der Waals surface area contributed by atoms with E-state index < -0.39 is 6.72 Å². The van der Waals surface area contributed by atoms with Crippen molar-refractivity contribution < 1.29 is 13.6 Å². The fraction of sp³-hybridized carbons (Fsp3) is 0.533. The summed E-state index contributed by atoms with van der Waals surface area (Å²) in [5, 5.41) is 8.61. The number of nitrogens with zero attached hydrogens (tertiary/aromatic N) is 1. The normalized spacial score (nSPS) is 13.3. The Balaban J connectivity index is 2.47. The molecule has 0 bridgehead atoms. The molecule has 0 aromatic heterocycles. The molecule has 5 nitrogen and oxygen atoms in total. The molecular weight excluding hydrogens is 319 g/mol. The van der Waals surface area contributed by atoms with Crippen LogP contribution in [0.4, 0.5) is 0 Å². The number of hydrogen-bond acceptors (Lipinski definition) is 6. The highest BCUT2D eigenvalue weighted by Crippen LogP contribution is 2.50. The summed E-state index contributed by atoms with van der Waals surface area (Å²) in [6, 6.07) is 11.2. The van der Waals surface area contributed by atoms with Crippen LogP contribution in [-0.2, 0) is 20.9 Å². The highest BCUT2D eigenvalue weighted by atomic mass is 32.5. The van der Waals surface area contributed by atoms with Crippen molar-refractivity contribution in [2.45, 2.75) is 32.1 Å². The molecule has 1 rings (SSSR count). The third-order valence-corrected chi connectivity index (χ3v) is 5.06. The van der Waals surface area contributed by atoms with Gasteiger partial charge in [0.2, 0.25) is 0 Å². The van der Waals surface area contributed by atoms with Crippen LogP contribution in [0.3, 0.4) is 0 Å². The van der Waals surface area contributed by atoms with E-state index in [2.05, 4.69) is 0 Å². The van der Waals surface area contributed by atoms with E-state index in [1.807, 2.05) is 24.3 Å². The molecule has 0 aliphatic heterocycles. The van der Waals surface area contributed by atoms with Crippen LogP contribution in [0.2, 0.25) is 0 Å². The zero-order chi connectivity index (χ0) is 16.1. The Hall–Kier alpha value is -0.960. The van der Waals surface area contributed by atoms with Crippen LogP contribution < -0.4 is 10.3 Å². The molecule has 7 heteroatoms. The summed E-state index contributed by atoms with van der Waals surface area (Å²) < 4.78 is 17.0. The van der Waals surface area contributed by atoms with Gasteiger partial charge in [-0.15, -0.1) is 0 Å². The molecule has 122 valence electrons. The SMILES string of the molecule is N#CCCOP(=S)(OCCCCCCN)Oc1ccccc1. The number of nitrogens with two attached hydrogens (primary N) is 1. The first-order chi connectivity index (χ1) is 10.7. The molecule has 1 aromatic rings. The molecule has 0 amide bonds. The highest BCUT2D eigenvalue weighted by Gasteiger charge is 2.22. The second-order valence-electron chi connectivity index (χ2n) is 4.63. The average molecular weight is 342 g/mol. The fourth-order valence-corrected chi connectivity index (χ4v) is 3.61. The minimum Gasteiger partial charge on any atom is -0.424 e. The second-order valence-corrected chi connectivity index (χ2v) is 7.56. The van der Waals surface area contributed by atoms with Crippen LogP contribution in [-0.4, -0.2) is 19.8 Å². The lowest BCUT2D eigenvalue weighted by Gasteiger charge is -2.22. The largest absolute Gasteiger partial charge is 0.424 e. The Morgan fingerprint density at radius 1 is 1.05 bits per heavy atom. The standard InChI is InChI=1S/C15H23N2O3PS/c16-11-6-1-2-7-13-18-21(22,19-14-8-12-17)20-15-9-4-3-5-10-15/h3-5,9-10H,1-2,6-8,11,13-14,16H2. The molecule has 0 aliphatic carbocycles. The smallest absolute Gasteiger partial charge is 0.380 e. The Kier molecular flexibility index (Phi) is 10.1. The van der Waals surface area contributed by atoms with E-state index in [1.165, 1.54) is 0 Å². The lowest BCUT2D eigenvalue weighted by Crippen LogP contribution is -2.05. The lowest BCUT2D eigenvalue weighted by molar-refractivity contribution is 0.201. The summed E-state index contributed by atoms with van der Waals surface area (Å²) >= 11 is 5.41. The highest BCUT2D eigenvalue weighted by molar-refractivity contribution is 8.07. The molecule has 0 saturated carbocycles. The van der Waals surface area contributed by atoms with Crippen molar-refractivity contribution in [3.05, 3.63) is 30.3 Å². The van der Waals surface area contributed by atoms with Crippen LogP contribution in [0.25, 0.3) is 0 Å². The van der Waals surface area contributed by atoms with Crippen molar-refractivity contribution >= 4 is 18.5 Å². The van der Waals surface area contributed by atoms with Gasteiger partial charge >= 0.3 is 6.72 Å². The molecule has 0 saturated heterocycles. The van der Waals surface area contributed by atoms with Gasteiger partial charge in [-0.25, -0.2) is 0 Å². The maximum Gasteiger partial charge on any atom is 0.380 e. The van der Waals surface area contributed by atoms with Gasteiger partial charge in [0, 0.05) is 11.8 Å². The topological polar surface area (TPSA) is 77.5 Å². The number of para-hydroxylation sites is 1. The molecular formula is C15H23N2O3PS. The van der Waals surface area contributed by atoms with Gasteiger partial charge in [-0.3, -0.25) is 9.05 Å².